The zero-order chi connectivity index (χ0) is 23.9. The van der Waals surface area contributed by atoms with E-state index in [-0.39, 0.29) is 23.0 Å². The van der Waals surface area contributed by atoms with Crippen LogP contribution in [-0.4, -0.2) is 38.2 Å². The van der Waals surface area contributed by atoms with Crippen molar-refractivity contribution >= 4 is 11.6 Å². The number of carbonyl (C=O) groups is 1. The molecule has 2 aromatic heterocycles. The van der Waals surface area contributed by atoms with E-state index in [0.717, 1.165) is 11.4 Å². The van der Waals surface area contributed by atoms with E-state index in [1.807, 2.05) is 49.4 Å². The first-order chi connectivity index (χ1) is 16.6. The summed E-state index contributed by atoms with van der Waals surface area (Å²) >= 11 is 0. The second-order valence-electron chi connectivity index (χ2n) is 8.18. The van der Waals surface area contributed by atoms with Crippen molar-refractivity contribution in [3.05, 3.63) is 88.7 Å². The predicted octanol–water partition coefficient (Wildman–Crippen LogP) is 3.52. The lowest BCUT2D eigenvalue weighted by Gasteiger charge is -2.13. The van der Waals surface area contributed by atoms with Crippen molar-refractivity contribution in [2.45, 2.75) is 39.0 Å². The molecule has 0 saturated carbocycles. The lowest BCUT2D eigenvalue weighted by Crippen LogP contribution is -2.27. The molecule has 0 fully saturated rings. The van der Waals surface area contributed by atoms with E-state index < -0.39 is 0 Å². The molecule has 4 rings (SSSR count). The second kappa shape index (κ2) is 10.8. The van der Waals surface area contributed by atoms with E-state index in [9.17, 15) is 9.59 Å². The molecule has 0 unspecified atom stereocenters. The Balaban J connectivity index is 1.34. The molecule has 1 amide bonds. The summed E-state index contributed by atoms with van der Waals surface area (Å²) in [5, 5.41) is 11.3. The van der Waals surface area contributed by atoms with Gasteiger partial charge in [-0.1, -0.05) is 37.3 Å². The Bertz CT molecular complexity index is 1300. The topological polar surface area (TPSA) is 90.5 Å². The minimum absolute atomic E-state index is 0.00876. The Labute approximate surface area is 198 Å². The van der Waals surface area contributed by atoms with Crippen molar-refractivity contribution in [1.82, 2.24) is 24.5 Å². The molecular weight excluding hydrogens is 430 g/mol. The Hall–Kier alpha value is -3.94. The lowest BCUT2D eigenvalue weighted by atomic mass is 10.0. The minimum Gasteiger partial charge on any atom is -0.494 e. The summed E-state index contributed by atoms with van der Waals surface area (Å²) in [6.07, 6.45) is 5.04. The van der Waals surface area contributed by atoms with Crippen LogP contribution in [0.3, 0.4) is 0 Å². The fourth-order valence-corrected chi connectivity index (χ4v) is 3.84. The molecule has 0 spiro atoms. The Morgan fingerprint density at radius 1 is 1.06 bits per heavy atom. The summed E-state index contributed by atoms with van der Waals surface area (Å²) < 4.78 is 8.69. The largest absolute Gasteiger partial charge is 0.494 e. The maximum atomic E-state index is 12.9. The van der Waals surface area contributed by atoms with E-state index >= 15 is 0 Å². The number of fused-ring (bicyclic) bond motifs is 1. The summed E-state index contributed by atoms with van der Waals surface area (Å²) in [5.41, 5.74) is 1.93. The van der Waals surface area contributed by atoms with E-state index in [0.29, 0.717) is 38.2 Å². The van der Waals surface area contributed by atoms with Gasteiger partial charge in [-0.25, -0.2) is 0 Å². The van der Waals surface area contributed by atoms with Crippen LogP contribution < -0.4 is 15.6 Å². The third-order valence-electron chi connectivity index (χ3n) is 5.75. The number of benzene rings is 2. The Morgan fingerprint density at radius 2 is 1.82 bits per heavy atom. The van der Waals surface area contributed by atoms with Crippen molar-refractivity contribution in [2.75, 3.05) is 13.2 Å². The van der Waals surface area contributed by atoms with Gasteiger partial charge in [0, 0.05) is 37.5 Å². The zero-order valence-electron chi connectivity index (χ0n) is 19.5. The molecule has 1 N–H and O–H groups in total. The molecule has 8 heteroatoms. The maximum absolute atomic E-state index is 12.9. The molecule has 2 aromatic carbocycles. The highest BCUT2D eigenvalue weighted by molar-refractivity contribution is 5.75. The molecule has 4 aromatic rings. The van der Waals surface area contributed by atoms with E-state index in [1.54, 1.807) is 16.8 Å². The molecular formula is C26H29N5O3. The first-order valence-electron chi connectivity index (χ1n) is 11.6. The van der Waals surface area contributed by atoms with Crippen LogP contribution >= 0.6 is 0 Å². The number of hydrogen-bond acceptors (Lipinski definition) is 5. The highest BCUT2D eigenvalue weighted by atomic mass is 16.5. The number of hydrogen-bond donors (Lipinski definition) is 1. The Kier molecular flexibility index (Phi) is 7.37. The normalized spacial score (nSPS) is 11.9. The van der Waals surface area contributed by atoms with Gasteiger partial charge in [0.1, 0.15) is 11.6 Å². The van der Waals surface area contributed by atoms with Gasteiger partial charge in [0.25, 0.3) is 0 Å². The summed E-state index contributed by atoms with van der Waals surface area (Å²) in [6.45, 7) is 5.20. The van der Waals surface area contributed by atoms with Crippen molar-refractivity contribution in [2.24, 2.45) is 0 Å². The average Bonchev–Trinajstić information content (AvgIpc) is 3.28. The number of rotatable bonds is 10. The molecule has 1 atom stereocenters. The molecule has 0 saturated heterocycles. The number of aromatic nitrogens is 4. The second-order valence-corrected chi connectivity index (χ2v) is 8.18. The van der Waals surface area contributed by atoms with Gasteiger partial charge in [0.05, 0.1) is 6.61 Å². The van der Waals surface area contributed by atoms with Crippen molar-refractivity contribution in [3.8, 4) is 11.4 Å². The predicted molar refractivity (Wildman–Crippen MR) is 131 cm³/mol. The third-order valence-corrected chi connectivity index (χ3v) is 5.75. The number of nitrogens with zero attached hydrogens (tertiary/aromatic N) is 4. The molecule has 34 heavy (non-hydrogen) atoms. The van der Waals surface area contributed by atoms with Gasteiger partial charge in [-0.2, -0.15) is 0 Å². The average molecular weight is 460 g/mol. The molecule has 0 aliphatic rings. The standard InChI is InChI=1S/C26H29N5O3/c1-3-34-22-14-12-21(13-15-22)30-16-17-31-23(28-29-25(31)26(30)33)10-7-11-24(32)27-18-19(2)20-8-5-4-6-9-20/h4-6,8-9,12-17,19H,3,7,10-11,18H2,1-2H3,(H,27,32)/t19-/m0/s1. The highest BCUT2D eigenvalue weighted by Gasteiger charge is 2.13. The van der Waals surface area contributed by atoms with Crippen molar-refractivity contribution < 1.29 is 9.53 Å². The smallest absolute Gasteiger partial charge is 0.300 e. The van der Waals surface area contributed by atoms with Gasteiger partial charge in [0.2, 0.25) is 11.6 Å². The number of aryl methyl sites for hydroxylation is 1. The summed E-state index contributed by atoms with van der Waals surface area (Å²) in [6, 6.07) is 17.4. The van der Waals surface area contributed by atoms with Gasteiger partial charge in [-0.05, 0) is 49.1 Å². The Morgan fingerprint density at radius 3 is 2.56 bits per heavy atom. The quantitative estimate of drug-likeness (QED) is 0.392. The van der Waals surface area contributed by atoms with Gasteiger partial charge < -0.3 is 10.1 Å². The van der Waals surface area contributed by atoms with E-state index in [4.69, 9.17) is 4.74 Å². The van der Waals surface area contributed by atoms with Gasteiger partial charge in [-0.3, -0.25) is 18.6 Å². The number of carbonyl (C=O) groups excluding carboxylic acids is 1. The van der Waals surface area contributed by atoms with Crippen LogP contribution in [-0.2, 0) is 11.2 Å². The van der Waals surface area contributed by atoms with Gasteiger partial charge >= 0.3 is 5.56 Å². The van der Waals surface area contributed by atoms with Crippen LogP contribution in [0.2, 0.25) is 0 Å². The molecule has 0 aliphatic carbocycles. The third kappa shape index (κ3) is 5.33. The SMILES string of the molecule is CCOc1ccc(-n2ccn3c(CCCC(=O)NC[C@H](C)c4ccccc4)nnc3c2=O)cc1. The lowest BCUT2D eigenvalue weighted by molar-refractivity contribution is -0.121. The molecule has 8 nitrogen and oxygen atoms in total. The first kappa shape index (κ1) is 23.2. The van der Waals surface area contributed by atoms with E-state index in [2.05, 4.69) is 34.6 Å². The molecule has 0 aliphatic heterocycles. The molecule has 0 radical (unpaired) electrons. The van der Waals surface area contributed by atoms with Gasteiger partial charge in [-0.15, -0.1) is 10.2 Å². The highest BCUT2D eigenvalue weighted by Crippen LogP contribution is 2.15. The van der Waals surface area contributed by atoms with Crippen LogP contribution in [0.15, 0.2) is 71.8 Å². The fraction of sp³-hybridized carbons (Fsp3) is 0.308. The maximum Gasteiger partial charge on any atom is 0.300 e. The summed E-state index contributed by atoms with van der Waals surface area (Å²) in [7, 11) is 0. The van der Waals surface area contributed by atoms with Crippen molar-refractivity contribution in [1.29, 1.82) is 0 Å². The minimum atomic E-state index is -0.252. The van der Waals surface area contributed by atoms with Crippen LogP contribution in [0, 0.1) is 0 Å². The summed E-state index contributed by atoms with van der Waals surface area (Å²) in [4.78, 5) is 25.2. The first-order valence-corrected chi connectivity index (χ1v) is 11.6. The molecule has 2 heterocycles. The monoisotopic (exact) mass is 459 g/mol. The van der Waals surface area contributed by atoms with Crippen molar-refractivity contribution in [3.63, 3.8) is 0 Å². The molecule has 176 valence electrons. The van der Waals surface area contributed by atoms with Gasteiger partial charge in [0.15, 0.2) is 0 Å². The number of ether oxygens (including phenoxy) is 1. The zero-order valence-corrected chi connectivity index (χ0v) is 19.5. The van der Waals surface area contributed by atoms with Crippen LogP contribution in [0.4, 0.5) is 0 Å². The summed E-state index contributed by atoms with van der Waals surface area (Å²) in [5.74, 6) is 1.68. The van der Waals surface area contributed by atoms with Crippen LogP contribution in [0.5, 0.6) is 5.75 Å². The fourth-order valence-electron chi connectivity index (χ4n) is 3.84. The van der Waals surface area contributed by atoms with E-state index in [1.165, 1.54) is 10.1 Å². The van der Waals surface area contributed by atoms with Crippen LogP contribution in [0.25, 0.3) is 11.3 Å². The number of nitrogens with one attached hydrogen (secondary N) is 1. The number of amides is 1. The van der Waals surface area contributed by atoms with Crippen LogP contribution in [0.1, 0.15) is 44.0 Å². The molecule has 0 bridgehead atoms.